The van der Waals surface area contributed by atoms with Crippen molar-refractivity contribution in [1.82, 2.24) is 4.98 Å². The Labute approximate surface area is 120 Å². The Kier molecular flexibility index (Phi) is 4.39. The molecule has 0 aromatic carbocycles. The molecule has 0 radical (unpaired) electrons. The topological polar surface area (TPSA) is 111 Å². The molecule has 20 heavy (non-hydrogen) atoms. The van der Waals surface area contributed by atoms with Crippen LogP contribution in [0.25, 0.3) is 0 Å². The van der Waals surface area contributed by atoms with Crippen molar-refractivity contribution in [2.24, 2.45) is 11.7 Å². The van der Waals surface area contributed by atoms with Crippen LogP contribution in [-0.2, 0) is 4.79 Å². The predicted octanol–water partition coefficient (Wildman–Crippen LogP) is 2.10. The van der Waals surface area contributed by atoms with Gasteiger partial charge in [0.05, 0.1) is 17.1 Å². The Bertz CT molecular complexity index is 529. The summed E-state index contributed by atoms with van der Waals surface area (Å²) in [5.41, 5.74) is 5.18. The number of nitro groups is 1. The highest BCUT2D eigenvalue weighted by atomic mass is 35.5. The molecule has 1 fully saturated rings. The second-order valence-corrected chi connectivity index (χ2v) is 5.27. The molecule has 3 N–H and O–H groups in total. The fourth-order valence-electron chi connectivity index (χ4n) is 2.39. The summed E-state index contributed by atoms with van der Waals surface area (Å²) >= 11 is 5.76. The fraction of sp³-hybridized carbons (Fsp3) is 0.500. The molecule has 0 aliphatic heterocycles. The molecule has 108 valence electrons. The average molecular weight is 299 g/mol. The van der Waals surface area contributed by atoms with Crippen molar-refractivity contribution in [3.8, 4) is 0 Å². The lowest BCUT2D eigenvalue weighted by Gasteiger charge is -2.27. The van der Waals surface area contributed by atoms with Gasteiger partial charge >= 0.3 is 0 Å². The number of nitrogens with two attached hydrogens (primary N) is 1. The third kappa shape index (κ3) is 3.57. The van der Waals surface area contributed by atoms with Crippen molar-refractivity contribution in [3.05, 3.63) is 27.4 Å². The van der Waals surface area contributed by atoms with Gasteiger partial charge in [-0.2, -0.15) is 0 Å². The minimum absolute atomic E-state index is 0.0743. The van der Waals surface area contributed by atoms with Gasteiger partial charge in [0, 0.05) is 12.0 Å². The van der Waals surface area contributed by atoms with Crippen LogP contribution in [0.15, 0.2) is 12.1 Å². The molecule has 0 spiro atoms. The summed E-state index contributed by atoms with van der Waals surface area (Å²) < 4.78 is 0. The number of hydrogen-bond acceptors (Lipinski definition) is 5. The third-order valence-electron chi connectivity index (χ3n) is 3.47. The maximum atomic E-state index is 11.1. The van der Waals surface area contributed by atoms with Crippen molar-refractivity contribution in [2.75, 3.05) is 5.32 Å². The molecule has 1 amide bonds. The van der Waals surface area contributed by atoms with Gasteiger partial charge in [-0.3, -0.25) is 14.9 Å². The Balaban J connectivity index is 2.01. The van der Waals surface area contributed by atoms with Crippen LogP contribution >= 0.6 is 11.6 Å². The average Bonchev–Trinajstić information content (AvgIpc) is 2.38. The van der Waals surface area contributed by atoms with Crippen molar-refractivity contribution < 1.29 is 9.72 Å². The van der Waals surface area contributed by atoms with Gasteiger partial charge in [0.25, 0.3) is 5.69 Å². The molecular formula is C12H15ClN4O3. The van der Waals surface area contributed by atoms with Gasteiger partial charge < -0.3 is 11.1 Å². The number of aromatic nitrogens is 1. The summed E-state index contributed by atoms with van der Waals surface area (Å²) in [6, 6.07) is 2.68. The van der Waals surface area contributed by atoms with Gasteiger partial charge in [0.15, 0.2) is 0 Å². The molecule has 8 heteroatoms. The van der Waals surface area contributed by atoms with Crippen LogP contribution in [0.1, 0.15) is 25.7 Å². The van der Waals surface area contributed by atoms with E-state index in [1.54, 1.807) is 0 Å². The number of pyridine rings is 1. The van der Waals surface area contributed by atoms with E-state index in [9.17, 15) is 14.9 Å². The summed E-state index contributed by atoms with van der Waals surface area (Å²) in [6.07, 6.45) is 2.98. The predicted molar refractivity (Wildman–Crippen MR) is 74.5 cm³/mol. The zero-order valence-corrected chi connectivity index (χ0v) is 11.5. The summed E-state index contributed by atoms with van der Waals surface area (Å²) in [6.45, 7) is 0. The van der Waals surface area contributed by atoms with E-state index in [2.05, 4.69) is 10.3 Å². The summed E-state index contributed by atoms with van der Waals surface area (Å²) in [7, 11) is 0. The van der Waals surface area contributed by atoms with Crippen LogP contribution < -0.4 is 11.1 Å². The zero-order chi connectivity index (χ0) is 14.7. The monoisotopic (exact) mass is 298 g/mol. The maximum Gasteiger partial charge on any atom is 0.276 e. The summed E-state index contributed by atoms with van der Waals surface area (Å²) in [5, 5.41) is 14.0. The quantitative estimate of drug-likeness (QED) is 0.502. The van der Waals surface area contributed by atoms with E-state index < -0.39 is 4.92 Å². The highest BCUT2D eigenvalue weighted by Crippen LogP contribution is 2.27. The molecule has 1 aromatic heterocycles. The van der Waals surface area contributed by atoms with Gasteiger partial charge in [-0.05, 0) is 25.7 Å². The Morgan fingerprint density at radius 3 is 2.60 bits per heavy atom. The van der Waals surface area contributed by atoms with E-state index in [0.717, 1.165) is 25.7 Å². The number of hydrogen-bond donors (Lipinski definition) is 2. The lowest BCUT2D eigenvalue weighted by Crippen LogP contribution is -2.32. The molecule has 2 rings (SSSR count). The standard InChI is InChI=1S/C12H15ClN4O3/c13-10-5-9(17(19)20)6-11(16-10)15-8-3-1-7(2-4-8)12(14)18/h5-8H,1-4H2,(H2,14,18)(H,15,16). The van der Waals surface area contributed by atoms with Crippen LogP contribution in [0, 0.1) is 16.0 Å². The minimum atomic E-state index is -0.511. The maximum absolute atomic E-state index is 11.1. The first kappa shape index (κ1) is 14.5. The Morgan fingerprint density at radius 2 is 2.05 bits per heavy atom. The van der Waals surface area contributed by atoms with E-state index in [1.807, 2.05) is 0 Å². The van der Waals surface area contributed by atoms with Crippen LogP contribution in [0.3, 0.4) is 0 Å². The van der Waals surface area contributed by atoms with Crippen LogP contribution in [0.2, 0.25) is 5.15 Å². The number of carbonyl (C=O) groups excluding carboxylic acids is 1. The summed E-state index contributed by atoms with van der Waals surface area (Å²) in [5.74, 6) is 0.0430. The van der Waals surface area contributed by atoms with Gasteiger partial charge in [-0.15, -0.1) is 0 Å². The molecule has 1 saturated carbocycles. The second-order valence-electron chi connectivity index (χ2n) is 4.89. The highest BCUT2D eigenvalue weighted by Gasteiger charge is 2.25. The largest absolute Gasteiger partial charge is 0.369 e. The van der Waals surface area contributed by atoms with Gasteiger partial charge in [0.1, 0.15) is 11.0 Å². The van der Waals surface area contributed by atoms with Gasteiger partial charge in [0.2, 0.25) is 5.91 Å². The molecule has 0 atom stereocenters. The number of halogens is 1. The lowest BCUT2D eigenvalue weighted by molar-refractivity contribution is -0.384. The number of primary amides is 1. The molecule has 0 bridgehead atoms. The summed E-state index contributed by atoms with van der Waals surface area (Å²) in [4.78, 5) is 25.3. The molecule has 1 heterocycles. The van der Waals surface area contributed by atoms with E-state index in [0.29, 0.717) is 5.82 Å². The molecular weight excluding hydrogens is 284 g/mol. The highest BCUT2D eigenvalue weighted by molar-refractivity contribution is 6.29. The normalized spacial score (nSPS) is 22.2. The smallest absolute Gasteiger partial charge is 0.276 e. The van der Waals surface area contributed by atoms with Gasteiger partial charge in [-0.1, -0.05) is 11.6 Å². The lowest BCUT2D eigenvalue weighted by atomic mass is 9.85. The van der Waals surface area contributed by atoms with E-state index in [-0.39, 0.29) is 28.7 Å². The molecule has 1 aromatic rings. The minimum Gasteiger partial charge on any atom is -0.369 e. The molecule has 1 aliphatic rings. The van der Waals surface area contributed by atoms with E-state index in [1.165, 1.54) is 12.1 Å². The van der Waals surface area contributed by atoms with Crippen LogP contribution in [0.5, 0.6) is 0 Å². The van der Waals surface area contributed by atoms with E-state index >= 15 is 0 Å². The number of anilines is 1. The van der Waals surface area contributed by atoms with Crippen LogP contribution in [-0.4, -0.2) is 21.9 Å². The second kappa shape index (κ2) is 6.04. The number of rotatable bonds is 4. The zero-order valence-electron chi connectivity index (χ0n) is 10.7. The Morgan fingerprint density at radius 1 is 1.40 bits per heavy atom. The first-order chi connectivity index (χ1) is 9.45. The number of amides is 1. The number of nitrogens with zero attached hydrogens (tertiary/aromatic N) is 2. The SMILES string of the molecule is NC(=O)C1CCC(Nc2cc([N+](=O)[O-])cc(Cl)n2)CC1. The Hall–Kier alpha value is -1.89. The number of nitrogens with one attached hydrogen (secondary N) is 1. The molecule has 0 unspecified atom stereocenters. The van der Waals surface area contributed by atoms with Crippen LogP contribution in [0.4, 0.5) is 11.5 Å². The fourth-order valence-corrected chi connectivity index (χ4v) is 2.60. The van der Waals surface area contributed by atoms with Crippen molar-refractivity contribution in [2.45, 2.75) is 31.7 Å². The molecule has 7 nitrogen and oxygen atoms in total. The number of carbonyl (C=O) groups is 1. The van der Waals surface area contributed by atoms with Crippen molar-refractivity contribution in [3.63, 3.8) is 0 Å². The van der Waals surface area contributed by atoms with Crippen molar-refractivity contribution in [1.29, 1.82) is 0 Å². The first-order valence-electron chi connectivity index (χ1n) is 6.33. The first-order valence-corrected chi connectivity index (χ1v) is 6.71. The van der Waals surface area contributed by atoms with E-state index in [4.69, 9.17) is 17.3 Å². The third-order valence-corrected chi connectivity index (χ3v) is 3.66. The molecule has 1 aliphatic carbocycles. The van der Waals surface area contributed by atoms with Crippen molar-refractivity contribution >= 4 is 29.0 Å². The van der Waals surface area contributed by atoms with Gasteiger partial charge in [-0.25, -0.2) is 4.98 Å². The molecule has 0 saturated heterocycles.